The number of primary amides is 1. The summed E-state index contributed by atoms with van der Waals surface area (Å²) in [7, 11) is 0.479. The molecule has 0 fully saturated rings. The first kappa shape index (κ1) is 66.0. The number of nitrogen functional groups attached to an aromatic ring is 8. The van der Waals surface area contributed by atoms with Gasteiger partial charge in [-0.3, -0.25) is 9.35 Å². The highest BCUT2D eigenvalue weighted by Crippen LogP contribution is 2.39. The lowest BCUT2D eigenvalue weighted by molar-refractivity contribution is 0.1000. The second kappa shape index (κ2) is 32.1. The molecule has 23 nitrogen and oxygen atoms in total. The Morgan fingerprint density at radius 3 is 1.66 bits per heavy atom. The number of hydrogen-bond acceptors (Lipinski definition) is 20. The number of azo groups is 1. The minimum absolute atomic E-state index is 0.0733. The van der Waals surface area contributed by atoms with Crippen LogP contribution in [0.25, 0.3) is 21.8 Å². The highest BCUT2D eigenvalue weighted by Gasteiger charge is 2.13. The highest BCUT2D eigenvalue weighted by molar-refractivity contribution is 7.85. The number of aromatic hydroxyl groups is 1. The van der Waals surface area contributed by atoms with Gasteiger partial charge >= 0.3 is 0 Å². The number of hydrogen-bond donors (Lipinski definition) is 11. The van der Waals surface area contributed by atoms with Crippen molar-refractivity contribution in [2.75, 3.05) is 67.2 Å². The molecule has 0 radical (unpaired) electrons. The van der Waals surface area contributed by atoms with Crippen molar-refractivity contribution in [3.8, 4) is 23.0 Å². The van der Waals surface area contributed by atoms with Crippen molar-refractivity contribution in [2.45, 2.75) is 51.0 Å². The topological polar surface area (TPSA) is 422 Å². The first-order valence-corrected chi connectivity index (χ1v) is 27.9. The van der Waals surface area contributed by atoms with Gasteiger partial charge in [0.15, 0.2) is 11.5 Å². The summed E-state index contributed by atoms with van der Waals surface area (Å²) < 4.78 is 48.1. The van der Waals surface area contributed by atoms with Crippen LogP contribution in [0.5, 0.6) is 23.0 Å². The average Bonchev–Trinajstić information content (AvgIpc) is 2.16. The number of anilines is 8. The number of rotatable bonds is 8. The van der Waals surface area contributed by atoms with Gasteiger partial charge in [0.1, 0.15) is 23.2 Å². The van der Waals surface area contributed by atoms with E-state index < -0.39 is 16.0 Å². The predicted molar refractivity (Wildman–Crippen MR) is 344 cm³/mol. The van der Waals surface area contributed by atoms with Gasteiger partial charge in [-0.05, 0) is 166 Å². The molecule has 86 heavy (non-hydrogen) atoms. The zero-order chi connectivity index (χ0) is 62.9. The van der Waals surface area contributed by atoms with E-state index in [0.717, 1.165) is 24.2 Å². The molecule has 1 amide bonds. The molecule has 450 valence electrons. The smallest absolute Gasteiger partial charge is 0.294 e. The Hall–Kier alpha value is -10.9. The van der Waals surface area contributed by atoms with E-state index in [9.17, 15) is 13.2 Å². The van der Waals surface area contributed by atoms with Crippen LogP contribution in [0.2, 0.25) is 0 Å². The zero-order valence-corrected chi connectivity index (χ0v) is 49.1. The molecule has 1 aliphatic rings. The van der Waals surface area contributed by atoms with Crippen LogP contribution < -0.4 is 65.8 Å². The van der Waals surface area contributed by atoms with Gasteiger partial charge in [-0.25, -0.2) is 15.0 Å². The molecular formula is C62H73N15O8S. The Bertz CT molecular complexity index is 3900. The number of fused-ring (bicyclic) bond motifs is 4. The highest BCUT2D eigenvalue weighted by atomic mass is 32.2. The predicted octanol–water partition coefficient (Wildman–Crippen LogP) is 10.5. The quantitative estimate of drug-likeness (QED) is 0.0221. The van der Waals surface area contributed by atoms with E-state index in [1.165, 1.54) is 107 Å². The van der Waals surface area contributed by atoms with E-state index in [1.807, 2.05) is 25.1 Å². The molecule has 0 saturated carbocycles. The summed E-state index contributed by atoms with van der Waals surface area (Å²) in [6, 6.07) is 45.6. The summed E-state index contributed by atoms with van der Waals surface area (Å²) in [6.45, 7) is 5.13. The number of nitrogens with zero attached hydrogens (tertiary/aromatic N) is 6. The van der Waals surface area contributed by atoms with E-state index in [4.69, 9.17) is 75.5 Å². The van der Waals surface area contributed by atoms with Crippen LogP contribution in [0.1, 0.15) is 46.9 Å². The van der Waals surface area contributed by atoms with Gasteiger partial charge in [-0.1, -0.05) is 30.3 Å². The fourth-order valence-corrected chi connectivity index (χ4v) is 8.54. The number of ether oxygens (including phenoxy) is 3. The number of aryl methyl sites for hydroxylation is 4. The molecule has 1 aliphatic carbocycles. The van der Waals surface area contributed by atoms with E-state index in [0.29, 0.717) is 74.4 Å². The Kier molecular flexibility index (Phi) is 24.6. The Morgan fingerprint density at radius 1 is 0.593 bits per heavy atom. The third-order valence-electron chi connectivity index (χ3n) is 12.4. The van der Waals surface area contributed by atoms with Crippen molar-refractivity contribution < 1.29 is 37.1 Å². The lowest BCUT2D eigenvalue weighted by atomic mass is 9.96. The lowest BCUT2D eigenvalue weighted by Crippen LogP contribution is -2.11. The summed E-state index contributed by atoms with van der Waals surface area (Å²) in [5.41, 5.74) is 59.4. The number of benzene rings is 6. The molecule has 4 heterocycles. The Balaban J connectivity index is 0.000000187. The molecule has 0 aliphatic heterocycles. The molecule has 0 bridgehead atoms. The van der Waals surface area contributed by atoms with Gasteiger partial charge in [0, 0.05) is 81.3 Å². The summed E-state index contributed by atoms with van der Waals surface area (Å²) in [6.07, 6.45) is 7.96. The number of phenols is 1. The van der Waals surface area contributed by atoms with Gasteiger partial charge in [0.2, 0.25) is 11.7 Å². The lowest BCUT2D eigenvalue weighted by Gasteiger charge is -2.13. The normalized spacial score (nSPS) is 11.1. The second-order valence-electron chi connectivity index (χ2n) is 18.7. The maximum absolute atomic E-state index is 10.8. The number of amides is 1. The van der Waals surface area contributed by atoms with Crippen LogP contribution in [-0.2, 0) is 29.5 Å². The van der Waals surface area contributed by atoms with Crippen molar-refractivity contribution in [3.63, 3.8) is 0 Å². The number of carbonyl (C=O) groups excluding carboxylic acids is 1. The number of nitrogens with two attached hydrogens (primary N) is 9. The molecule has 0 atom stereocenters. The van der Waals surface area contributed by atoms with E-state index >= 15 is 0 Å². The largest absolute Gasteiger partial charge is 0.506 e. The fourth-order valence-electron chi connectivity index (χ4n) is 8.06. The van der Waals surface area contributed by atoms with Crippen molar-refractivity contribution >= 4 is 95.1 Å². The molecule has 11 rings (SSSR count). The number of para-hydroxylation sites is 1. The van der Waals surface area contributed by atoms with Gasteiger partial charge in [-0.2, -0.15) is 18.6 Å². The maximum Gasteiger partial charge on any atom is 0.294 e. The minimum Gasteiger partial charge on any atom is -0.506 e. The second-order valence-corrected chi connectivity index (χ2v) is 20.1. The van der Waals surface area contributed by atoms with Gasteiger partial charge in [0.05, 0.1) is 48.9 Å². The molecule has 24 heteroatoms. The van der Waals surface area contributed by atoms with Gasteiger partial charge in [0.25, 0.3) is 10.1 Å². The van der Waals surface area contributed by atoms with Crippen molar-refractivity contribution in [3.05, 3.63) is 193 Å². The van der Waals surface area contributed by atoms with Crippen molar-refractivity contribution in [1.29, 1.82) is 0 Å². The molecule has 20 N–H and O–H groups in total. The zero-order valence-electron chi connectivity index (χ0n) is 48.3. The van der Waals surface area contributed by atoms with Gasteiger partial charge in [-0.15, -0.1) is 0 Å². The van der Waals surface area contributed by atoms with Crippen LogP contribution >= 0.6 is 0 Å². The SMILES string of the molecule is CCn1c2ccccc2c2cc(N)ccc21.COc1cc(N)cc(OC)c1OC.Cc1ccc(N)nc1.NC(=O)c1ccc(N)nc1.Nc1ccc(N=Nc2ccc(S(=O)(=O)O)cc2)cc1.Nc1ccc(O)c(N)c1.Nc1ccc2c(n1)CCCC2. The van der Waals surface area contributed by atoms with Crippen LogP contribution in [0.4, 0.5) is 57.3 Å². The number of pyridine rings is 3. The third-order valence-corrected chi connectivity index (χ3v) is 13.2. The number of aromatic nitrogens is 4. The van der Waals surface area contributed by atoms with Crippen LogP contribution in [0.15, 0.2) is 185 Å². The Labute approximate surface area is 499 Å². The summed E-state index contributed by atoms with van der Waals surface area (Å²) in [4.78, 5) is 22.1. The molecular weight excluding hydrogens is 1110 g/mol. The maximum atomic E-state index is 10.8. The van der Waals surface area contributed by atoms with Gasteiger partial charge < -0.3 is 75.5 Å². The third kappa shape index (κ3) is 20.2. The standard InChI is InChI=1S/C14H14N2.C12H11N3O3S.C9H12N2.C9H13NO3.C6H7N3O.C6H8N2O.C6H8N2/c1-2-16-13-6-4-3-5-11(13)12-9-10(15)7-8-14(12)16;13-9-1-3-10(4-2-9)14-15-11-5-7-12(8-6-11)19(16,17)18;10-9-6-5-7-3-1-2-4-8(7)11-9;1-11-7-4-6(10)5-8(12-2)9(7)13-3;7-5-2-1-4(3-9-5)6(8)10;7-4-1-2-6(9)5(8)3-4;1-5-2-3-6(7)8-4-5/h3-9H,2,15H2,1H3;1-8H,13H2,(H,16,17,18);5-6H,1-4H2,(H2,10,11);4-5H,10H2,1-3H3;1-3H,(H2,7,9)(H2,8,10);1-3,9H,7-8H2;2-4H,1H3,(H2,7,8). The van der Waals surface area contributed by atoms with Crippen LogP contribution in [-0.4, -0.2) is 64.8 Å². The average molecular weight is 1190 g/mol. The number of carbonyl (C=O) groups is 1. The first-order valence-electron chi connectivity index (χ1n) is 26.5. The van der Waals surface area contributed by atoms with Crippen LogP contribution in [0, 0.1) is 6.92 Å². The summed E-state index contributed by atoms with van der Waals surface area (Å²) in [5, 5.41) is 19.3. The fraction of sp³-hybridized carbons (Fsp3) is 0.161. The molecule has 10 aromatic rings. The molecule has 4 aromatic heterocycles. The molecule has 0 unspecified atom stereocenters. The number of phenolic OH excluding ortho intramolecular Hbond substituents is 1. The molecule has 6 aromatic carbocycles. The monoisotopic (exact) mass is 1190 g/mol. The first-order chi connectivity index (χ1) is 41.0. The van der Waals surface area contributed by atoms with Crippen molar-refractivity contribution in [1.82, 2.24) is 19.5 Å². The van der Waals surface area contributed by atoms with E-state index in [2.05, 4.69) is 79.1 Å². The summed E-state index contributed by atoms with van der Waals surface area (Å²) in [5.74, 6) is 2.89. The molecule has 0 saturated heterocycles. The summed E-state index contributed by atoms with van der Waals surface area (Å²) >= 11 is 0. The van der Waals surface area contributed by atoms with E-state index in [-0.39, 0.29) is 10.6 Å². The van der Waals surface area contributed by atoms with Crippen LogP contribution in [0.3, 0.4) is 0 Å². The number of methoxy groups -OCH3 is 3. The minimum atomic E-state index is -4.18. The van der Waals surface area contributed by atoms with Crippen molar-refractivity contribution in [2.24, 2.45) is 16.0 Å². The Morgan fingerprint density at radius 2 is 1.14 bits per heavy atom. The van der Waals surface area contributed by atoms with E-state index in [1.54, 1.807) is 76.1 Å². The molecule has 0 spiro atoms.